The van der Waals surface area contributed by atoms with E-state index in [0.29, 0.717) is 29.6 Å². The van der Waals surface area contributed by atoms with E-state index >= 15 is 0 Å². The molecule has 7 heteroatoms. The van der Waals surface area contributed by atoms with Gasteiger partial charge < -0.3 is 20.3 Å². The van der Waals surface area contributed by atoms with Crippen LogP contribution < -0.4 is 15.5 Å². The van der Waals surface area contributed by atoms with Gasteiger partial charge in [0.1, 0.15) is 23.9 Å². The van der Waals surface area contributed by atoms with Crippen LogP contribution in [0.3, 0.4) is 0 Å². The van der Waals surface area contributed by atoms with Gasteiger partial charge in [-0.1, -0.05) is 18.2 Å². The minimum atomic E-state index is 0.0609. The summed E-state index contributed by atoms with van der Waals surface area (Å²) in [7, 11) is 0. The number of hydrazone groups is 1. The first-order valence-corrected chi connectivity index (χ1v) is 8.65. The average molecular weight is 381 g/mol. The van der Waals surface area contributed by atoms with E-state index < -0.39 is 0 Å². The van der Waals surface area contributed by atoms with Gasteiger partial charge in [0.2, 0.25) is 0 Å². The lowest BCUT2D eigenvalue weighted by Crippen LogP contribution is -2.31. The summed E-state index contributed by atoms with van der Waals surface area (Å²) in [4.78, 5) is 0. The molecule has 2 aromatic carbocycles. The minimum absolute atomic E-state index is 0.0609. The van der Waals surface area contributed by atoms with Gasteiger partial charge in [0.25, 0.3) is 0 Å². The quantitative estimate of drug-likeness (QED) is 0.276. The molecule has 4 N–H and O–H groups in total. The maximum Gasteiger partial charge on any atom is 0.187 e. The predicted molar refractivity (Wildman–Crippen MR) is 111 cm³/mol. The standard InChI is InChI=1S/C20H19N3O3S/c1-2-7-21-20(27)23-22-11-15-8-14-9-16(12-26-19(14)10-18(15)25)13-3-5-17(24)6-4-13/h2-6,8-11,24-25H,1,7,12H2,(H2,21,23,27)/b22-11+. The maximum absolute atomic E-state index is 10.2. The molecule has 0 atom stereocenters. The predicted octanol–water partition coefficient (Wildman–Crippen LogP) is 3.01. The summed E-state index contributed by atoms with van der Waals surface area (Å²) in [6.45, 7) is 4.51. The second-order valence-electron chi connectivity index (χ2n) is 5.82. The molecule has 27 heavy (non-hydrogen) atoms. The van der Waals surface area contributed by atoms with Gasteiger partial charge >= 0.3 is 0 Å². The van der Waals surface area contributed by atoms with E-state index in [1.54, 1.807) is 30.3 Å². The monoisotopic (exact) mass is 381 g/mol. The highest BCUT2D eigenvalue weighted by molar-refractivity contribution is 7.80. The molecule has 6 nitrogen and oxygen atoms in total. The van der Waals surface area contributed by atoms with Crippen molar-refractivity contribution in [1.82, 2.24) is 10.7 Å². The Morgan fingerprint density at radius 3 is 2.78 bits per heavy atom. The van der Waals surface area contributed by atoms with Crippen molar-refractivity contribution in [3.05, 3.63) is 65.7 Å². The van der Waals surface area contributed by atoms with Crippen molar-refractivity contribution < 1.29 is 14.9 Å². The van der Waals surface area contributed by atoms with Gasteiger partial charge in [0, 0.05) is 23.7 Å². The van der Waals surface area contributed by atoms with Crippen LogP contribution in [-0.4, -0.2) is 34.7 Å². The van der Waals surface area contributed by atoms with E-state index in [9.17, 15) is 10.2 Å². The number of rotatable bonds is 5. The fourth-order valence-corrected chi connectivity index (χ4v) is 2.67. The first kappa shape index (κ1) is 18.5. The lowest BCUT2D eigenvalue weighted by molar-refractivity contribution is 0.362. The third kappa shape index (κ3) is 4.65. The zero-order valence-electron chi connectivity index (χ0n) is 14.5. The summed E-state index contributed by atoms with van der Waals surface area (Å²) >= 11 is 5.05. The number of aromatic hydroxyl groups is 2. The topological polar surface area (TPSA) is 86.1 Å². The van der Waals surface area contributed by atoms with E-state index in [1.807, 2.05) is 18.2 Å². The summed E-state index contributed by atoms with van der Waals surface area (Å²) in [6.07, 6.45) is 5.16. The molecule has 1 aliphatic heterocycles. The summed E-state index contributed by atoms with van der Waals surface area (Å²) in [5.74, 6) is 0.877. The molecular weight excluding hydrogens is 362 g/mol. The van der Waals surface area contributed by atoms with E-state index in [-0.39, 0.29) is 11.5 Å². The zero-order chi connectivity index (χ0) is 19.2. The number of thiocarbonyl (C=S) groups is 1. The van der Waals surface area contributed by atoms with E-state index in [1.165, 1.54) is 6.21 Å². The van der Waals surface area contributed by atoms with E-state index in [4.69, 9.17) is 17.0 Å². The number of hydrogen-bond donors (Lipinski definition) is 4. The Morgan fingerprint density at radius 2 is 2.04 bits per heavy atom. The zero-order valence-corrected chi connectivity index (χ0v) is 15.3. The smallest absolute Gasteiger partial charge is 0.187 e. The van der Waals surface area contributed by atoms with Crippen molar-refractivity contribution in [3.8, 4) is 17.2 Å². The number of phenols is 2. The van der Waals surface area contributed by atoms with Crippen molar-refractivity contribution in [2.24, 2.45) is 5.10 Å². The lowest BCUT2D eigenvalue weighted by Gasteiger charge is -2.19. The lowest BCUT2D eigenvalue weighted by atomic mass is 9.99. The summed E-state index contributed by atoms with van der Waals surface area (Å²) in [5, 5.41) is 26.9. The molecule has 0 saturated carbocycles. The number of ether oxygens (including phenoxy) is 1. The van der Waals surface area contributed by atoms with E-state index in [0.717, 1.165) is 16.7 Å². The molecule has 0 unspecified atom stereocenters. The van der Waals surface area contributed by atoms with Crippen LogP contribution >= 0.6 is 12.2 Å². The minimum Gasteiger partial charge on any atom is -0.508 e. The Balaban J connectivity index is 1.80. The normalized spacial score (nSPS) is 12.7. The van der Waals surface area contributed by atoms with Crippen LogP contribution in [0.15, 0.2) is 54.2 Å². The average Bonchev–Trinajstić information content (AvgIpc) is 2.67. The number of benzene rings is 2. The number of nitrogens with one attached hydrogen (secondary N) is 2. The molecule has 0 bridgehead atoms. The Morgan fingerprint density at radius 1 is 1.26 bits per heavy atom. The van der Waals surface area contributed by atoms with E-state index in [2.05, 4.69) is 22.4 Å². The highest BCUT2D eigenvalue weighted by Crippen LogP contribution is 2.35. The largest absolute Gasteiger partial charge is 0.508 e. The molecule has 0 aliphatic carbocycles. The molecule has 3 rings (SSSR count). The molecule has 0 saturated heterocycles. The molecule has 1 heterocycles. The SMILES string of the molecule is C=CCNC(=S)N/N=C/c1cc2c(cc1O)OCC(c1ccc(O)cc1)=C2. The highest BCUT2D eigenvalue weighted by atomic mass is 32.1. The fourth-order valence-electron chi connectivity index (χ4n) is 2.54. The van der Waals surface area contributed by atoms with Crippen LogP contribution in [-0.2, 0) is 0 Å². The van der Waals surface area contributed by atoms with Gasteiger partial charge in [-0.05, 0) is 47.6 Å². The van der Waals surface area contributed by atoms with Crippen LogP contribution in [0.5, 0.6) is 17.2 Å². The van der Waals surface area contributed by atoms with Crippen molar-refractivity contribution in [2.45, 2.75) is 0 Å². The fraction of sp³-hybridized carbons (Fsp3) is 0.100. The van der Waals surface area contributed by atoms with Crippen molar-refractivity contribution in [3.63, 3.8) is 0 Å². The Labute approximate surface area is 162 Å². The van der Waals surface area contributed by atoms with Crippen LogP contribution in [0.25, 0.3) is 11.6 Å². The highest BCUT2D eigenvalue weighted by Gasteiger charge is 2.15. The first-order chi connectivity index (χ1) is 13.1. The molecule has 0 amide bonds. The molecule has 1 aliphatic rings. The molecular formula is C20H19N3O3S. The molecule has 0 spiro atoms. The van der Waals surface area contributed by atoms with Crippen LogP contribution in [0.1, 0.15) is 16.7 Å². The van der Waals surface area contributed by atoms with Crippen molar-refractivity contribution in [2.75, 3.05) is 13.2 Å². The van der Waals surface area contributed by atoms with Crippen LogP contribution in [0, 0.1) is 0 Å². The Hall–Kier alpha value is -3.32. The molecule has 138 valence electrons. The van der Waals surface area contributed by atoms with Crippen molar-refractivity contribution in [1.29, 1.82) is 0 Å². The summed E-state index contributed by atoms with van der Waals surface area (Å²) in [5.41, 5.74) is 5.97. The van der Waals surface area contributed by atoms with Gasteiger partial charge in [-0.3, -0.25) is 5.43 Å². The molecule has 0 radical (unpaired) electrons. The number of fused-ring (bicyclic) bond motifs is 1. The van der Waals surface area contributed by atoms with Gasteiger partial charge in [0.05, 0.1) is 6.21 Å². The van der Waals surface area contributed by atoms with Crippen LogP contribution in [0.2, 0.25) is 0 Å². The summed E-state index contributed by atoms with van der Waals surface area (Å²) in [6, 6.07) is 10.3. The number of nitrogens with zero attached hydrogens (tertiary/aromatic N) is 1. The van der Waals surface area contributed by atoms with Gasteiger partial charge in [-0.25, -0.2) is 0 Å². The van der Waals surface area contributed by atoms with Crippen molar-refractivity contribution >= 4 is 35.2 Å². The van der Waals surface area contributed by atoms with Gasteiger partial charge in [-0.2, -0.15) is 5.10 Å². The van der Waals surface area contributed by atoms with Gasteiger partial charge in [-0.15, -0.1) is 6.58 Å². The Kier molecular flexibility index (Phi) is 5.73. The molecule has 0 aromatic heterocycles. The first-order valence-electron chi connectivity index (χ1n) is 8.24. The number of hydrogen-bond acceptors (Lipinski definition) is 5. The van der Waals surface area contributed by atoms with Crippen LogP contribution in [0.4, 0.5) is 0 Å². The van der Waals surface area contributed by atoms with Gasteiger partial charge in [0.15, 0.2) is 5.11 Å². The maximum atomic E-state index is 10.2. The second-order valence-corrected chi connectivity index (χ2v) is 6.23. The molecule has 0 fully saturated rings. The summed E-state index contributed by atoms with van der Waals surface area (Å²) < 4.78 is 5.75. The third-order valence-corrected chi connectivity index (χ3v) is 4.12. The number of phenolic OH excluding ortho intramolecular Hbond substituents is 2. The Bertz CT molecular complexity index is 921. The third-order valence-electron chi connectivity index (χ3n) is 3.89. The molecule has 2 aromatic rings. The second kappa shape index (κ2) is 8.37.